The normalized spacial score (nSPS) is 12.1. The summed E-state index contributed by atoms with van der Waals surface area (Å²) in [6.45, 7) is 6.18. The molecule has 1 aromatic carbocycles. The summed E-state index contributed by atoms with van der Waals surface area (Å²) < 4.78 is 25.9. The molecule has 0 fully saturated rings. The van der Waals surface area contributed by atoms with Gasteiger partial charge >= 0.3 is 0 Å². The van der Waals surface area contributed by atoms with Gasteiger partial charge in [0.15, 0.2) is 5.78 Å². The molecule has 0 radical (unpaired) electrons. The monoisotopic (exact) mass is 297 g/mol. The van der Waals surface area contributed by atoms with Crippen molar-refractivity contribution in [3.05, 3.63) is 29.8 Å². The molecule has 5 heteroatoms. The Morgan fingerprint density at radius 2 is 1.75 bits per heavy atom. The van der Waals surface area contributed by atoms with Gasteiger partial charge in [-0.1, -0.05) is 39.3 Å². The van der Waals surface area contributed by atoms with Crippen LogP contribution in [0.25, 0.3) is 0 Å². The van der Waals surface area contributed by atoms with Crippen molar-refractivity contribution < 1.29 is 13.2 Å². The molecule has 0 bridgehead atoms. The minimum atomic E-state index is -3.45. The van der Waals surface area contributed by atoms with Crippen LogP contribution in [-0.2, 0) is 10.0 Å². The maximum Gasteiger partial charge on any atom is 0.242 e. The predicted molar refractivity (Wildman–Crippen MR) is 80.3 cm³/mol. The summed E-state index contributed by atoms with van der Waals surface area (Å²) in [7, 11) is -1.87. The first-order valence-electron chi connectivity index (χ1n) is 6.91. The summed E-state index contributed by atoms with van der Waals surface area (Å²) in [6.07, 6.45) is 1.78. The van der Waals surface area contributed by atoms with Gasteiger partial charge in [0.25, 0.3) is 0 Å². The van der Waals surface area contributed by atoms with E-state index in [0.29, 0.717) is 12.1 Å². The number of Topliss-reactive ketones (excluding diaryl/α,β-unsaturated/α-hetero) is 1. The number of sulfonamides is 1. The highest BCUT2D eigenvalue weighted by atomic mass is 32.2. The molecule has 0 atom stereocenters. The summed E-state index contributed by atoms with van der Waals surface area (Å²) >= 11 is 0. The first-order chi connectivity index (χ1) is 9.30. The van der Waals surface area contributed by atoms with Crippen LogP contribution in [0.5, 0.6) is 0 Å². The van der Waals surface area contributed by atoms with E-state index in [1.807, 2.05) is 20.8 Å². The van der Waals surface area contributed by atoms with E-state index >= 15 is 0 Å². The predicted octanol–water partition coefficient (Wildman–Crippen LogP) is 2.95. The molecular formula is C15H23NO3S. The molecule has 4 nitrogen and oxygen atoms in total. The fourth-order valence-electron chi connectivity index (χ4n) is 1.81. The molecule has 0 unspecified atom stereocenters. The lowest BCUT2D eigenvalue weighted by Crippen LogP contribution is -2.27. The zero-order chi connectivity index (χ0) is 15.3. The van der Waals surface area contributed by atoms with E-state index in [-0.39, 0.29) is 16.6 Å². The Bertz CT molecular complexity index is 547. The van der Waals surface area contributed by atoms with Gasteiger partial charge in [0, 0.05) is 25.1 Å². The first-order valence-corrected chi connectivity index (χ1v) is 8.35. The largest absolute Gasteiger partial charge is 0.294 e. The van der Waals surface area contributed by atoms with Gasteiger partial charge in [-0.3, -0.25) is 4.79 Å². The molecular weight excluding hydrogens is 274 g/mol. The number of nitrogens with zero attached hydrogens (tertiary/aromatic N) is 1. The van der Waals surface area contributed by atoms with E-state index in [9.17, 15) is 13.2 Å². The average Bonchev–Trinajstić information content (AvgIpc) is 2.43. The molecule has 0 spiro atoms. The van der Waals surface area contributed by atoms with Crippen LogP contribution in [-0.4, -0.2) is 32.1 Å². The van der Waals surface area contributed by atoms with Gasteiger partial charge in [-0.25, -0.2) is 12.7 Å². The van der Waals surface area contributed by atoms with E-state index in [2.05, 4.69) is 0 Å². The lowest BCUT2D eigenvalue weighted by molar-refractivity contribution is 0.0939. The quantitative estimate of drug-likeness (QED) is 0.727. The van der Waals surface area contributed by atoms with Gasteiger partial charge in [-0.05, 0) is 18.6 Å². The molecule has 20 heavy (non-hydrogen) atoms. The lowest BCUT2D eigenvalue weighted by Gasteiger charge is -2.17. The molecule has 1 aromatic rings. The molecule has 0 aliphatic rings. The minimum absolute atomic E-state index is 0.0216. The van der Waals surface area contributed by atoms with Gasteiger partial charge in [0.2, 0.25) is 10.0 Å². The van der Waals surface area contributed by atoms with Crippen molar-refractivity contribution in [3.63, 3.8) is 0 Å². The van der Waals surface area contributed by atoms with Crippen molar-refractivity contribution in [3.8, 4) is 0 Å². The fraction of sp³-hybridized carbons (Fsp3) is 0.533. The van der Waals surface area contributed by atoms with Crippen LogP contribution < -0.4 is 0 Å². The van der Waals surface area contributed by atoms with E-state index in [1.165, 1.54) is 16.4 Å². The standard InChI is InChI=1S/C15H23NO3S/c1-5-6-11-16(4)20(18,19)14-9-7-13(8-10-14)15(17)12(2)3/h7-10,12H,5-6,11H2,1-4H3. The number of hydrogen-bond donors (Lipinski definition) is 0. The van der Waals surface area contributed by atoms with Crippen LogP contribution in [0.1, 0.15) is 44.0 Å². The Labute approximate surface area is 121 Å². The van der Waals surface area contributed by atoms with Crippen LogP contribution in [0.15, 0.2) is 29.2 Å². The second-order valence-corrected chi connectivity index (χ2v) is 7.27. The molecule has 0 saturated heterocycles. The highest BCUT2D eigenvalue weighted by Crippen LogP contribution is 2.17. The zero-order valence-electron chi connectivity index (χ0n) is 12.6. The third kappa shape index (κ3) is 3.90. The SMILES string of the molecule is CCCCN(C)S(=O)(=O)c1ccc(C(=O)C(C)C)cc1. The molecule has 0 N–H and O–H groups in total. The molecule has 0 aliphatic carbocycles. The molecule has 1 rings (SSSR count). The summed E-state index contributed by atoms with van der Waals surface area (Å²) in [6, 6.07) is 6.19. The zero-order valence-corrected chi connectivity index (χ0v) is 13.4. The van der Waals surface area contributed by atoms with Gasteiger partial charge in [0.05, 0.1) is 4.90 Å². The topological polar surface area (TPSA) is 54.5 Å². The Hall–Kier alpha value is -1.20. The molecule has 112 valence electrons. The van der Waals surface area contributed by atoms with Crippen molar-refractivity contribution >= 4 is 15.8 Å². The Balaban J connectivity index is 2.95. The van der Waals surface area contributed by atoms with Crippen molar-refractivity contribution in [1.29, 1.82) is 0 Å². The smallest absolute Gasteiger partial charge is 0.242 e. The van der Waals surface area contributed by atoms with E-state index < -0.39 is 10.0 Å². The van der Waals surface area contributed by atoms with Gasteiger partial charge < -0.3 is 0 Å². The second kappa shape index (κ2) is 6.99. The molecule has 0 aliphatic heterocycles. The number of carbonyl (C=O) groups excluding carboxylic acids is 1. The van der Waals surface area contributed by atoms with Crippen LogP contribution in [0, 0.1) is 5.92 Å². The number of ketones is 1. The first kappa shape index (κ1) is 16.9. The van der Waals surface area contributed by atoms with Crippen LogP contribution in [0.2, 0.25) is 0 Å². The molecule has 0 heterocycles. The number of hydrogen-bond acceptors (Lipinski definition) is 3. The van der Waals surface area contributed by atoms with E-state index in [0.717, 1.165) is 12.8 Å². The number of benzene rings is 1. The Morgan fingerprint density at radius 3 is 2.20 bits per heavy atom. The maximum atomic E-state index is 12.3. The third-order valence-corrected chi connectivity index (χ3v) is 5.07. The van der Waals surface area contributed by atoms with Gasteiger partial charge in [-0.2, -0.15) is 0 Å². The van der Waals surface area contributed by atoms with Crippen LogP contribution in [0.3, 0.4) is 0 Å². The second-order valence-electron chi connectivity index (χ2n) is 5.22. The number of carbonyl (C=O) groups is 1. The van der Waals surface area contributed by atoms with Gasteiger partial charge in [-0.15, -0.1) is 0 Å². The summed E-state index contributed by atoms with van der Waals surface area (Å²) in [4.78, 5) is 12.1. The van der Waals surface area contributed by atoms with Crippen molar-refractivity contribution in [2.45, 2.75) is 38.5 Å². The highest BCUT2D eigenvalue weighted by Gasteiger charge is 2.20. The summed E-state index contributed by atoms with van der Waals surface area (Å²) in [5, 5.41) is 0. The van der Waals surface area contributed by atoms with E-state index in [1.54, 1.807) is 19.2 Å². The Morgan fingerprint density at radius 1 is 1.20 bits per heavy atom. The number of unbranched alkanes of at least 4 members (excludes halogenated alkanes) is 1. The van der Waals surface area contributed by atoms with Crippen molar-refractivity contribution in [2.75, 3.05) is 13.6 Å². The fourth-order valence-corrected chi connectivity index (χ4v) is 3.01. The van der Waals surface area contributed by atoms with Crippen molar-refractivity contribution in [2.24, 2.45) is 5.92 Å². The maximum absolute atomic E-state index is 12.3. The molecule has 0 amide bonds. The average molecular weight is 297 g/mol. The van der Waals surface area contributed by atoms with Crippen molar-refractivity contribution in [1.82, 2.24) is 4.31 Å². The molecule has 0 saturated carbocycles. The van der Waals surface area contributed by atoms with Gasteiger partial charge in [0.1, 0.15) is 0 Å². The van der Waals surface area contributed by atoms with Crippen LogP contribution in [0.4, 0.5) is 0 Å². The summed E-state index contributed by atoms with van der Waals surface area (Å²) in [5.74, 6) is -0.0713. The lowest BCUT2D eigenvalue weighted by atomic mass is 10.0. The third-order valence-electron chi connectivity index (χ3n) is 3.20. The molecule has 0 aromatic heterocycles. The summed E-state index contributed by atoms with van der Waals surface area (Å²) in [5.41, 5.74) is 0.551. The Kier molecular flexibility index (Phi) is 5.89. The van der Waals surface area contributed by atoms with E-state index in [4.69, 9.17) is 0 Å². The van der Waals surface area contributed by atoms with Crippen LogP contribution >= 0.6 is 0 Å². The number of rotatable bonds is 7. The highest BCUT2D eigenvalue weighted by molar-refractivity contribution is 7.89. The minimum Gasteiger partial charge on any atom is -0.294 e.